The number of allylic oxidation sites excluding steroid dienone is 1. The van der Waals surface area contributed by atoms with E-state index >= 15 is 0 Å². The van der Waals surface area contributed by atoms with Crippen LogP contribution in [0.3, 0.4) is 0 Å². The van der Waals surface area contributed by atoms with Crippen molar-refractivity contribution in [3.63, 3.8) is 0 Å². The molecule has 8 nitrogen and oxygen atoms in total. The highest BCUT2D eigenvalue weighted by Gasteiger charge is 2.49. The van der Waals surface area contributed by atoms with Crippen molar-refractivity contribution in [2.75, 3.05) is 26.3 Å². The number of halogens is 4. The molecule has 1 amide bonds. The number of hydrogen-bond acceptors (Lipinski definition) is 8. The molecule has 0 N–H and O–H groups in total. The molecular weight excluding hydrogens is 559 g/mol. The van der Waals surface area contributed by atoms with E-state index in [1.54, 1.807) is 29.4 Å². The molecule has 13 heteroatoms. The van der Waals surface area contributed by atoms with E-state index < -0.39 is 35.4 Å². The number of likely N-dealkylation sites (tertiary alicyclic amines) is 1. The number of fused-ring (bicyclic) bond motifs is 1. The predicted molar refractivity (Wildman–Crippen MR) is 139 cm³/mol. The van der Waals surface area contributed by atoms with Gasteiger partial charge in [0.15, 0.2) is 10.9 Å². The first-order valence-corrected chi connectivity index (χ1v) is 13.7. The molecule has 210 valence electrons. The van der Waals surface area contributed by atoms with E-state index in [-0.39, 0.29) is 53.8 Å². The van der Waals surface area contributed by atoms with Gasteiger partial charge < -0.3 is 19.3 Å². The Bertz CT molecular complexity index is 1250. The normalized spacial score (nSPS) is 21.3. The van der Waals surface area contributed by atoms with E-state index in [0.29, 0.717) is 25.1 Å². The minimum absolute atomic E-state index is 0.0360. The van der Waals surface area contributed by atoms with Crippen LogP contribution >= 0.6 is 23.4 Å². The van der Waals surface area contributed by atoms with Gasteiger partial charge in [-0.25, -0.2) is 9.79 Å². The number of aliphatic imine (C=N–C) groups is 1. The van der Waals surface area contributed by atoms with Gasteiger partial charge in [0.1, 0.15) is 0 Å². The van der Waals surface area contributed by atoms with Crippen molar-refractivity contribution in [3.8, 4) is 0 Å². The second-order valence-corrected chi connectivity index (χ2v) is 10.2. The van der Waals surface area contributed by atoms with Crippen molar-refractivity contribution in [1.82, 2.24) is 9.80 Å². The number of carbonyl (C=O) groups excluding carboxylic acids is 3. The summed E-state index contributed by atoms with van der Waals surface area (Å²) in [4.78, 5) is 45.4. The number of thioether (sulfide) groups is 1. The standard InChI is InChI=1S/C26H27ClF3N3O5S/c1-3-37-23(35)15-8-7-11-32(13-15)19(34)12-16-14-39-25-31-22(26(28,29)30)20(24(36)38-4-2)21(33(16)25)17-9-5-6-10-18(17)27/h5-6,9-10,14-15,21H,3-4,7-8,11-13H2,1-2H3. The largest absolute Gasteiger partial charge is 0.466 e. The van der Waals surface area contributed by atoms with Crippen LogP contribution in [0.5, 0.6) is 0 Å². The predicted octanol–water partition coefficient (Wildman–Crippen LogP) is 5.21. The maximum atomic E-state index is 14.2. The van der Waals surface area contributed by atoms with E-state index in [0.717, 1.165) is 11.8 Å². The number of carbonyl (C=O) groups is 3. The number of amides is 1. The Morgan fingerprint density at radius 2 is 1.87 bits per heavy atom. The Morgan fingerprint density at radius 3 is 2.54 bits per heavy atom. The number of benzene rings is 1. The van der Waals surface area contributed by atoms with Gasteiger partial charge in [0, 0.05) is 23.8 Å². The monoisotopic (exact) mass is 585 g/mol. The minimum Gasteiger partial charge on any atom is -0.466 e. The highest BCUT2D eigenvalue weighted by atomic mass is 35.5. The van der Waals surface area contributed by atoms with Crippen LogP contribution in [0.1, 0.15) is 44.7 Å². The fourth-order valence-corrected chi connectivity index (χ4v) is 5.96. The number of rotatable bonds is 7. The van der Waals surface area contributed by atoms with Crippen LogP contribution in [0, 0.1) is 5.92 Å². The van der Waals surface area contributed by atoms with Crippen molar-refractivity contribution >= 4 is 46.4 Å². The van der Waals surface area contributed by atoms with Crippen LogP contribution in [0.15, 0.2) is 51.6 Å². The molecule has 1 saturated heterocycles. The number of ether oxygens (including phenoxy) is 2. The quantitative estimate of drug-likeness (QED) is 0.406. The molecule has 0 aliphatic carbocycles. The maximum absolute atomic E-state index is 14.2. The Labute approximate surface area is 232 Å². The smallest absolute Gasteiger partial charge is 0.434 e. The molecule has 4 rings (SSSR count). The molecule has 0 aromatic heterocycles. The summed E-state index contributed by atoms with van der Waals surface area (Å²) in [6.45, 7) is 3.93. The van der Waals surface area contributed by atoms with Gasteiger partial charge in [-0.15, -0.1) is 0 Å². The first-order chi connectivity index (χ1) is 18.6. The Morgan fingerprint density at radius 1 is 1.15 bits per heavy atom. The molecule has 1 fully saturated rings. The molecule has 2 unspecified atom stereocenters. The van der Waals surface area contributed by atoms with Crippen LogP contribution in [0.4, 0.5) is 13.2 Å². The number of esters is 2. The van der Waals surface area contributed by atoms with Gasteiger partial charge in [-0.1, -0.05) is 41.6 Å². The molecule has 1 aromatic rings. The zero-order chi connectivity index (χ0) is 28.3. The molecule has 0 bridgehead atoms. The Hall–Kier alpha value is -2.99. The maximum Gasteiger partial charge on any atom is 0.434 e. The Kier molecular flexibility index (Phi) is 8.95. The summed E-state index contributed by atoms with van der Waals surface area (Å²) in [5.41, 5.74) is -1.48. The third kappa shape index (κ3) is 6.11. The molecule has 1 aromatic carbocycles. The second kappa shape index (κ2) is 12.0. The molecule has 2 atom stereocenters. The zero-order valence-electron chi connectivity index (χ0n) is 21.3. The number of alkyl halides is 3. The van der Waals surface area contributed by atoms with E-state index in [2.05, 4.69) is 4.99 Å². The number of hydrogen-bond donors (Lipinski definition) is 0. The lowest BCUT2D eigenvalue weighted by atomic mass is 9.93. The number of piperidine rings is 1. The Balaban J connectivity index is 1.70. The van der Waals surface area contributed by atoms with Crippen molar-refractivity contribution in [2.45, 2.75) is 45.3 Å². The van der Waals surface area contributed by atoms with Crippen molar-refractivity contribution in [1.29, 1.82) is 0 Å². The first kappa shape index (κ1) is 29.0. The third-order valence-electron chi connectivity index (χ3n) is 6.50. The lowest BCUT2D eigenvalue weighted by Crippen LogP contribution is -2.44. The van der Waals surface area contributed by atoms with Crippen LogP contribution in [-0.2, 0) is 23.9 Å². The number of amidine groups is 1. The zero-order valence-corrected chi connectivity index (χ0v) is 22.9. The third-order valence-corrected chi connectivity index (χ3v) is 7.73. The van der Waals surface area contributed by atoms with Crippen molar-refractivity contribution < 1.29 is 37.0 Å². The molecule has 0 spiro atoms. The lowest BCUT2D eigenvalue weighted by molar-refractivity contribution is -0.151. The summed E-state index contributed by atoms with van der Waals surface area (Å²) < 4.78 is 52.7. The lowest BCUT2D eigenvalue weighted by Gasteiger charge is -2.38. The van der Waals surface area contributed by atoms with Crippen LogP contribution in [0.2, 0.25) is 5.02 Å². The summed E-state index contributed by atoms with van der Waals surface area (Å²) in [5.74, 6) is -2.28. The average molecular weight is 586 g/mol. The van der Waals surface area contributed by atoms with Gasteiger partial charge in [0.2, 0.25) is 5.91 Å². The summed E-state index contributed by atoms with van der Waals surface area (Å²) in [5, 5.41) is 1.66. The van der Waals surface area contributed by atoms with Crippen molar-refractivity contribution in [3.05, 3.63) is 57.2 Å². The van der Waals surface area contributed by atoms with Gasteiger partial charge in [0.25, 0.3) is 0 Å². The molecule has 3 heterocycles. The van der Waals surface area contributed by atoms with Gasteiger partial charge in [-0.2, -0.15) is 13.2 Å². The minimum atomic E-state index is -4.95. The SMILES string of the molecule is CCOC(=O)C1=C(C(F)(F)F)N=C2SC=C(CC(=O)N3CCCC(C(=O)OCC)C3)N2C1c1ccccc1Cl. The average Bonchev–Trinajstić information content (AvgIpc) is 3.30. The highest BCUT2D eigenvalue weighted by Crippen LogP contribution is 2.49. The van der Waals surface area contributed by atoms with Gasteiger partial charge in [-0.3, -0.25) is 9.59 Å². The molecule has 0 saturated carbocycles. The topological polar surface area (TPSA) is 88.5 Å². The highest BCUT2D eigenvalue weighted by molar-refractivity contribution is 8.16. The summed E-state index contributed by atoms with van der Waals surface area (Å²) in [6, 6.07) is 4.94. The van der Waals surface area contributed by atoms with Gasteiger partial charge in [-0.05, 0) is 43.7 Å². The van der Waals surface area contributed by atoms with E-state index in [1.165, 1.54) is 24.0 Å². The van der Waals surface area contributed by atoms with Gasteiger partial charge >= 0.3 is 18.1 Å². The van der Waals surface area contributed by atoms with Crippen LogP contribution < -0.4 is 0 Å². The van der Waals surface area contributed by atoms with Crippen LogP contribution in [-0.4, -0.2) is 65.3 Å². The van der Waals surface area contributed by atoms with E-state index in [4.69, 9.17) is 21.1 Å². The first-order valence-electron chi connectivity index (χ1n) is 12.5. The molecule has 39 heavy (non-hydrogen) atoms. The molecule has 3 aliphatic heterocycles. The number of nitrogens with zero attached hydrogens (tertiary/aromatic N) is 3. The fourth-order valence-electron chi connectivity index (χ4n) is 4.80. The van der Waals surface area contributed by atoms with Crippen LogP contribution in [0.25, 0.3) is 0 Å². The molecular formula is C26H27ClF3N3O5S. The molecule has 3 aliphatic rings. The van der Waals surface area contributed by atoms with Crippen molar-refractivity contribution in [2.24, 2.45) is 10.9 Å². The summed E-state index contributed by atoms with van der Waals surface area (Å²) in [6.07, 6.45) is -3.91. The summed E-state index contributed by atoms with van der Waals surface area (Å²) in [7, 11) is 0. The molecule has 0 radical (unpaired) electrons. The van der Waals surface area contributed by atoms with Gasteiger partial charge in [0.05, 0.1) is 37.2 Å². The fraction of sp³-hybridized carbons (Fsp3) is 0.462. The summed E-state index contributed by atoms with van der Waals surface area (Å²) >= 11 is 7.36. The van der Waals surface area contributed by atoms with E-state index in [1.807, 2.05) is 0 Å². The second-order valence-electron chi connectivity index (χ2n) is 9.00. The van der Waals surface area contributed by atoms with E-state index in [9.17, 15) is 27.6 Å².